The number of nitrogens with one attached hydrogen (secondary N) is 1. The van der Waals surface area contributed by atoms with Gasteiger partial charge in [-0.3, -0.25) is 19.3 Å². The maximum absolute atomic E-state index is 13.0. The fraction of sp³-hybridized carbons (Fsp3) is 0.500. The Morgan fingerprint density at radius 2 is 1.80 bits per heavy atom. The lowest BCUT2D eigenvalue weighted by atomic mass is 9.85. The minimum Gasteiger partial charge on any atom is -0.348 e. The molecule has 1 aromatic rings. The second-order valence-electron chi connectivity index (χ2n) is 8.29. The third kappa shape index (κ3) is 3.52. The molecule has 2 aliphatic carbocycles. The monoisotopic (exact) mass is 420 g/mol. The molecule has 1 N–H and O–H groups in total. The third-order valence-corrected chi connectivity index (χ3v) is 6.39. The highest BCUT2D eigenvalue weighted by Gasteiger charge is 2.59. The Hall–Kier alpha value is -2.64. The molecule has 5 atom stereocenters. The number of hydrogen-bond donors (Lipinski definition) is 1. The number of nitrogens with zero attached hydrogens (tertiary/aromatic N) is 1. The number of alkyl halides is 3. The first kappa shape index (κ1) is 20.6. The number of hydrogen-bond acceptors (Lipinski definition) is 3. The molecule has 4 rings (SSSR count). The number of benzene rings is 1. The van der Waals surface area contributed by atoms with E-state index in [-0.39, 0.29) is 35.5 Å². The molecule has 2 bridgehead atoms. The average Bonchev–Trinajstić information content (AvgIpc) is 3.37. The molecule has 8 heteroatoms. The molecule has 3 amide bonds. The van der Waals surface area contributed by atoms with Crippen LogP contribution in [0.3, 0.4) is 0 Å². The van der Waals surface area contributed by atoms with Crippen molar-refractivity contribution < 1.29 is 27.6 Å². The number of halogens is 3. The van der Waals surface area contributed by atoms with Gasteiger partial charge in [0.2, 0.25) is 17.7 Å². The first-order chi connectivity index (χ1) is 14.2. The Kier molecular flexibility index (Phi) is 5.20. The van der Waals surface area contributed by atoms with Crippen LogP contribution < -0.4 is 5.32 Å². The highest BCUT2D eigenvalue weighted by molar-refractivity contribution is 6.08. The van der Waals surface area contributed by atoms with Gasteiger partial charge in [0.1, 0.15) is 6.54 Å². The summed E-state index contributed by atoms with van der Waals surface area (Å²) in [6.45, 7) is 1.47. The molecule has 1 saturated heterocycles. The molecule has 0 radical (unpaired) electrons. The van der Waals surface area contributed by atoms with Gasteiger partial charge >= 0.3 is 6.18 Å². The smallest absolute Gasteiger partial charge is 0.348 e. The van der Waals surface area contributed by atoms with Gasteiger partial charge < -0.3 is 5.32 Å². The molecule has 5 nitrogen and oxygen atoms in total. The van der Waals surface area contributed by atoms with Crippen LogP contribution in [0.4, 0.5) is 13.2 Å². The number of amides is 3. The summed E-state index contributed by atoms with van der Waals surface area (Å²) in [4.78, 5) is 39.1. The Balaban J connectivity index is 1.46. The van der Waals surface area contributed by atoms with Crippen LogP contribution in [-0.2, 0) is 20.6 Å². The minimum atomic E-state index is -4.48. The van der Waals surface area contributed by atoms with E-state index >= 15 is 0 Å². The molecule has 1 saturated carbocycles. The van der Waals surface area contributed by atoms with E-state index in [9.17, 15) is 27.6 Å². The standard InChI is InChI=1S/C22H23F3N2O3/c1-2-4-16(12-5-3-6-15(10-12)22(23,24)25)26-17(28)11-27-20(29)18-13-7-8-14(9-13)19(18)21(27)30/h3,5-8,10,13-14,16,18-19H,2,4,9,11H2,1H3,(H,26,28). The normalized spacial score (nSPS) is 28.2. The molecule has 160 valence electrons. The van der Waals surface area contributed by atoms with Gasteiger partial charge in [-0.05, 0) is 42.4 Å². The number of likely N-dealkylation sites (tertiary alicyclic amines) is 1. The van der Waals surface area contributed by atoms with Crippen LogP contribution in [0.2, 0.25) is 0 Å². The largest absolute Gasteiger partial charge is 0.416 e. The summed E-state index contributed by atoms with van der Waals surface area (Å²) in [5, 5.41) is 2.72. The van der Waals surface area contributed by atoms with Crippen LogP contribution in [0.1, 0.15) is 43.4 Å². The Bertz CT molecular complexity index is 881. The first-order valence-electron chi connectivity index (χ1n) is 10.2. The average molecular weight is 420 g/mol. The summed E-state index contributed by atoms with van der Waals surface area (Å²) in [5.74, 6) is -1.82. The number of carbonyl (C=O) groups is 3. The summed E-state index contributed by atoms with van der Waals surface area (Å²) < 4.78 is 39.1. The summed E-state index contributed by atoms with van der Waals surface area (Å²) in [6, 6.07) is 4.23. The molecule has 1 aliphatic heterocycles. The van der Waals surface area contributed by atoms with E-state index in [0.717, 1.165) is 23.5 Å². The molecule has 3 aliphatic rings. The van der Waals surface area contributed by atoms with Crippen molar-refractivity contribution in [1.29, 1.82) is 0 Å². The lowest BCUT2D eigenvalue weighted by molar-refractivity contribution is -0.144. The maximum atomic E-state index is 13.0. The minimum absolute atomic E-state index is 0.0578. The van der Waals surface area contributed by atoms with Crippen LogP contribution in [0, 0.1) is 23.7 Å². The maximum Gasteiger partial charge on any atom is 0.416 e. The lowest BCUT2D eigenvalue weighted by Crippen LogP contribution is -2.42. The van der Waals surface area contributed by atoms with Crippen molar-refractivity contribution >= 4 is 17.7 Å². The van der Waals surface area contributed by atoms with Gasteiger partial charge in [0.25, 0.3) is 0 Å². The second kappa shape index (κ2) is 7.56. The predicted octanol–water partition coefficient (Wildman–Crippen LogP) is 3.47. The van der Waals surface area contributed by atoms with E-state index in [1.54, 1.807) is 0 Å². The van der Waals surface area contributed by atoms with E-state index in [4.69, 9.17) is 0 Å². The fourth-order valence-corrected chi connectivity index (χ4v) is 5.05. The van der Waals surface area contributed by atoms with Crippen LogP contribution in [0.5, 0.6) is 0 Å². The molecule has 1 heterocycles. The zero-order valence-corrected chi connectivity index (χ0v) is 16.5. The Morgan fingerprint density at radius 3 is 2.37 bits per heavy atom. The van der Waals surface area contributed by atoms with E-state index in [0.29, 0.717) is 18.4 Å². The summed E-state index contributed by atoms with van der Waals surface area (Å²) in [7, 11) is 0. The molecular formula is C22H23F3N2O3. The van der Waals surface area contributed by atoms with Crippen molar-refractivity contribution in [3.8, 4) is 0 Å². The quantitative estimate of drug-likeness (QED) is 0.566. The van der Waals surface area contributed by atoms with E-state index in [1.807, 2.05) is 19.1 Å². The fourth-order valence-electron chi connectivity index (χ4n) is 5.05. The summed E-state index contributed by atoms with van der Waals surface area (Å²) >= 11 is 0. The molecule has 0 spiro atoms. The zero-order chi connectivity index (χ0) is 21.6. The number of imide groups is 1. The molecule has 5 unspecified atom stereocenters. The van der Waals surface area contributed by atoms with Crippen molar-refractivity contribution in [1.82, 2.24) is 10.2 Å². The van der Waals surface area contributed by atoms with Gasteiger partial charge in [-0.15, -0.1) is 0 Å². The predicted molar refractivity (Wildman–Crippen MR) is 102 cm³/mol. The second-order valence-corrected chi connectivity index (χ2v) is 8.29. The summed E-state index contributed by atoms with van der Waals surface area (Å²) in [6.07, 6.45) is 1.37. The van der Waals surface area contributed by atoms with Crippen molar-refractivity contribution in [2.24, 2.45) is 23.7 Å². The van der Waals surface area contributed by atoms with Crippen molar-refractivity contribution in [3.63, 3.8) is 0 Å². The number of fused-ring (bicyclic) bond motifs is 5. The topological polar surface area (TPSA) is 66.5 Å². The van der Waals surface area contributed by atoms with Crippen LogP contribution >= 0.6 is 0 Å². The molecule has 1 aromatic carbocycles. The SMILES string of the molecule is CCCC(NC(=O)CN1C(=O)C2C3C=CC(C3)C2C1=O)c1cccc(C(F)(F)F)c1. The highest BCUT2D eigenvalue weighted by atomic mass is 19.4. The van der Waals surface area contributed by atoms with Crippen LogP contribution in [0.15, 0.2) is 36.4 Å². The highest BCUT2D eigenvalue weighted by Crippen LogP contribution is 2.52. The first-order valence-corrected chi connectivity index (χ1v) is 10.2. The number of allylic oxidation sites excluding steroid dienone is 2. The van der Waals surface area contributed by atoms with E-state index in [1.165, 1.54) is 12.1 Å². The number of carbonyl (C=O) groups excluding carboxylic acids is 3. The van der Waals surface area contributed by atoms with Gasteiger partial charge in [-0.1, -0.05) is 37.6 Å². The lowest BCUT2D eigenvalue weighted by Gasteiger charge is -2.22. The van der Waals surface area contributed by atoms with Crippen LogP contribution in [-0.4, -0.2) is 29.2 Å². The van der Waals surface area contributed by atoms with E-state index in [2.05, 4.69) is 5.32 Å². The van der Waals surface area contributed by atoms with Crippen LogP contribution in [0.25, 0.3) is 0 Å². The van der Waals surface area contributed by atoms with Gasteiger partial charge in [-0.2, -0.15) is 13.2 Å². The molecular weight excluding hydrogens is 397 g/mol. The van der Waals surface area contributed by atoms with Gasteiger partial charge in [0.05, 0.1) is 23.4 Å². The molecule has 30 heavy (non-hydrogen) atoms. The van der Waals surface area contributed by atoms with Crippen molar-refractivity contribution in [2.45, 2.75) is 38.4 Å². The van der Waals surface area contributed by atoms with Gasteiger partial charge in [0.15, 0.2) is 0 Å². The zero-order valence-electron chi connectivity index (χ0n) is 16.5. The molecule has 2 fully saturated rings. The van der Waals surface area contributed by atoms with Gasteiger partial charge in [0, 0.05) is 0 Å². The Labute approximate surface area is 172 Å². The van der Waals surface area contributed by atoms with Crippen molar-refractivity contribution in [3.05, 3.63) is 47.5 Å². The summed E-state index contributed by atoms with van der Waals surface area (Å²) in [5.41, 5.74) is -0.436. The van der Waals surface area contributed by atoms with E-state index < -0.39 is 30.2 Å². The van der Waals surface area contributed by atoms with Gasteiger partial charge in [-0.25, -0.2) is 0 Å². The van der Waals surface area contributed by atoms with Crippen molar-refractivity contribution in [2.75, 3.05) is 6.54 Å². The Morgan fingerprint density at radius 1 is 1.17 bits per heavy atom. The molecule has 0 aromatic heterocycles. The number of rotatable bonds is 6. The third-order valence-electron chi connectivity index (χ3n) is 6.39.